The van der Waals surface area contributed by atoms with Crippen LogP contribution in [-0.2, 0) is 0 Å². The van der Waals surface area contributed by atoms with Crippen LogP contribution in [0.1, 0.15) is 19.3 Å². The average Bonchev–Trinajstić information content (AvgIpc) is 2.34. The van der Waals surface area contributed by atoms with Gasteiger partial charge in [-0.2, -0.15) is 0 Å². The van der Waals surface area contributed by atoms with Crippen molar-refractivity contribution in [3.05, 3.63) is 18.2 Å². The van der Waals surface area contributed by atoms with Gasteiger partial charge in [0.2, 0.25) is 0 Å². The summed E-state index contributed by atoms with van der Waals surface area (Å²) in [4.78, 5) is 13.4. The van der Waals surface area contributed by atoms with Crippen LogP contribution in [-0.4, -0.2) is 34.3 Å². The van der Waals surface area contributed by atoms with Crippen LogP contribution in [0, 0.1) is 0 Å². The van der Waals surface area contributed by atoms with Crippen LogP contribution in [0.2, 0.25) is 0 Å². The first kappa shape index (κ1) is 11.6. The molecule has 0 spiro atoms. The Balaban J connectivity index is 2.02. The lowest BCUT2D eigenvalue weighted by molar-refractivity contribution is 0.141. The van der Waals surface area contributed by atoms with E-state index >= 15 is 0 Å². The normalized spacial score (nSPS) is 15.6. The van der Waals surface area contributed by atoms with Gasteiger partial charge in [-0.3, -0.25) is 0 Å². The quantitative estimate of drug-likeness (QED) is 0.784. The summed E-state index contributed by atoms with van der Waals surface area (Å²) in [5.41, 5.74) is 0. The molecule has 92 valence electrons. The first-order valence-corrected chi connectivity index (χ1v) is 5.65. The minimum Gasteiger partial charge on any atom is -0.508 e. The lowest BCUT2D eigenvalue weighted by Crippen LogP contribution is -2.37. The summed E-state index contributed by atoms with van der Waals surface area (Å²) < 4.78 is 5.07. The molecule has 1 aliphatic rings. The second kappa shape index (κ2) is 4.95. The molecule has 17 heavy (non-hydrogen) atoms. The minimum atomic E-state index is -0.453. The molecule has 0 unspecified atom stereocenters. The second-order valence-electron chi connectivity index (χ2n) is 4.07. The molecule has 5 nitrogen and oxygen atoms in total. The maximum atomic E-state index is 11.7. The van der Waals surface area contributed by atoms with Crippen LogP contribution in [0.25, 0.3) is 0 Å². The fraction of sp³-hybridized carbons (Fsp3) is 0.417. The number of likely N-dealkylation sites (tertiary alicyclic amines) is 1. The summed E-state index contributed by atoms with van der Waals surface area (Å²) in [7, 11) is 0. The van der Waals surface area contributed by atoms with Crippen molar-refractivity contribution in [2.24, 2.45) is 0 Å². The van der Waals surface area contributed by atoms with Crippen molar-refractivity contribution >= 4 is 6.09 Å². The number of hydrogen-bond donors (Lipinski definition) is 2. The van der Waals surface area contributed by atoms with E-state index in [9.17, 15) is 9.90 Å². The van der Waals surface area contributed by atoms with E-state index in [0.717, 1.165) is 25.3 Å². The van der Waals surface area contributed by atoms with Crippen molar-refractivity contribution in [2.75, 3.05) is 13.1 Å². The van der Waals surface area contributed by atoms with Gasteiger partial charge in [0, 0.05) is 19.2 Å². The zero-order valence-electron chi connectivity index (χ0n) is 9.43. The monoisotopic (exact) mass is 237 g/mol. The molecule has 2 N–H and O–H groups in total. The molecule has 0 aliphatic carbocycles. The van der Waals surface area contributed by atoms with Gasteiger partial charge < -0.3 is 19.8 Å². The van der Waals surface area contributed by atoms with Crippen LogP contribution in [0.4, 0.5) is 4.79 Å². The SMILES string of the molecule is O=C(Oc1ccc(O)cc1O)N1CCCCC1. The molecule has 0 saturated carbocycles. The van der Waals surface area contributed by atoms with E-state index in [1.165, 1.54) is 12.1 Å². The van der Waals surface area contributed by atoms with Crippen LogP contribution in [0.3, 0.4) is 0 Å². The average molecular weight is 237 g/mol. The summed E-state index contributed by atoms with van der Waals surface area (Å²) in [5, 5.41) is 18.6. The van der Waals surface area contributed by atoms with Crippen LogP contribution in [0.5, 0.6) is 17.2 Å². The van der Waals surface area contributed by atoms with Gasteiger partial charge in [0.15, 0.2) is 11.5 Å². The number of phenols is 2. The fourth-order valence-corrected chi connectivity index (χ4v) is 1.83. The van der Waals surface area contributed by atoms with Gasteiger partial charge >= 0.3 is 6.09 Å². The molecule has 1 aromatic carbocycles. The largest absolute Gasteiger partial charge is 0.508 e. The fourth-order valence-electron chi connectivity index (χ4n) is 1.83. The number of piperidine rings is 1. The molecular formula is C12H15NO4. The maximum absolute atomic E-state index is 11.7. The first-order valence-electron chi connectivity index (χ1n) is 5.65. The van der Waals surface area contributed by atoms with Crippen LogP contribution in [0.15, 0.2) is 18.2 Å². The van der Waals surface area contributed by atoms with Gasteiger partial charge in [-0.25, -0.2) is 4.79 Å². The third kappa shape index (κ3) is 2.81. The predicted molar refractivity (Wildman–Crippen MR) is 61.2 cm³/mol. The molecule has 1 heterocycles. The number of ether oxygens (including phenoxy) is 1. The highest BCUT2D eigenvalue weighted by Crippen LogP contribution is 2.30. The molecule has 0 bridgehead atoms. The van der Waals surface area contributed by atoms with Crippen molar-refractivity contribution < 1.29 is 19.7 Å². The van der Waals surface area contributed by atoms with Gasteiger partial charge in [-0.1, -0.05) is 0 Å². The van der Waals surface area contributed by atoms with E-state index in [1.54, 1.807) is 4.90 Å². The standard InChI is InChI=1S/C12H15NO4/c14-9-4-5-11(10(15)8-9)17-12(16)13-6-2-1-3-7-13/h4-5,8,14-15H,1-3,6-7H2. The molecule has 1 amide bonds. The van der Waals surface area contributed by atoms with Gasteiger partial charge in [0.1, 0.15) is 5.75 Å². The van der Waals surface area contributed by atoms with Gasteiger partial charge in [-0.15, -0.1) is 0 Å². The Labute approximate surface area is 99.2 Å². The Morgan fingerprint density at radius 3 is 2.53 bits per heavy atom. The summed E-state index contributed by atoms with van der Waals surface area (Å²) in [6.07, 6.45) is 2.65. The number of aromatic hydroxyl groups is 2. The van der Waals surface area contributed by atoms with Crippen molar-refractivity contribution in [1.29, 1.82) is 0 Å². The number of benzene rings is 1. The Morgan fingerprint density at radius 1 is 1.18 bits per heavy atom. The van der Waals surface area contributed by atoms with Crippen molar-refractivity contribution in [3.8, 4) is 17.2 Å². The van der Waals surface area contributed by atoms with E-state index in [4.69, 9.17) is 9.84 Å². The van der Waals surface area contributed by atoms with Crippen molar-refractivity contribution in [3.63, 3.8) is 0 Å². The van der Waals surface area contributed by atoms with Crippen LogP contribution < -0.4 is 4.74 Å². The highest BCUT2D eigenvalue weighted by molar-refractivity contribution is 5.71. The Kier molecular flexibility index (Phi) is 3.37. The number of carbonyl (C=O) groups excluding carboxylic acids is 1. The molecule has 1 aliphatic heterocycles. The van der Waals surface area contributed by atoms with E-state index in [0.29, 0.717) is 13.1 Å². The molecule has 0 aromatic heterocycles. The minimum absolute atomic E-state index is 0.0679. The van der Waals surface area contributed by atoms with Crippen molar-refractivity contribution in [1.82, 2.24) is 4.90 Å². The number of rotatable bonds is 1. The molecule has 1 aromatic rings. The Morgan fingerprint density at radius 2 is 1.88 bits per heavy atom. The van der Waals surface area contributed by atoms with E-state index in [2.05, 4.69) is 0 Å². The highest BCUT2D eigenvalue weighted by Gasteiger charge is 2.19. The molecular weight excluding hydrogens is 222 g/mol. The zero-order chi connectivity index (χ0) is 12.3. The van der Waals surface area contributed by atoms with Crippen LogP contribution >= 0.6 is 0 Å². The maximum Gasteiger partial charge on any atom is 0.415 e. The number of nitrogens with zero attached hydrogens (tertiary/aromatic N) is 1. The highest BCUT2D eigenvalue weighted by atomic mass is 16.6. The van der Waals surface area contributed by atoms with Crippen molar-refractivity contribution in [2.45, 2.75) is 19.3 Å². The first-order chi connectivity index (χ1) is 8.16. The lowest BCUT2D eigenvalue weighted by Gasteiger charge is -2.25. The molecule has 0 atom stereocenters. The number of phenolic OH excluding ortho intramolecular Hbond substituents is 2. The van der Waals surface area contributed by atoms with Gasteiger partial charge in [0.05, 0.1) is 0 Å². The topological polar surface area (TPSA) is 70.0 Å². The van der Waals surface area contributed by atoms with E-state index < -0.39 is 6.09 Å². The van der Waals surface area contributed by atoms with E-state index in [-0.39, 0.29) is 17.2 Å². The summed E-state index contributed by atoms with van der Waals surface area (Å²) >= 11 is 0. The van der Waals surface area contributed by atoms with Gasteiger partial charge in [0.25, 0.3) is 0 Å². The summed E-state index contributed by atoms with van der Waals surface area (Å²) in [6, 6.07) is 3.86. The molecule has 1 saturated heterocycles. The molecule has 5 heteroatoms. The molecule has 2 rings (SSSR count). The molecule has 0 radical (unpaired) electrons. The Bertz CT molecular complexity index is 413. The predicted octanol–water partition coefficient (Wildman–Crippen LogP) is 2.08. The third-order valence-corrected chi connectivity index (χ3v) is 2.75. The number of amides is 1. The summed E-state index contributed by atoms with van der Waals surface area (Å²) in [5.74, 6) is -0.242. The lowest BCUT2D eigenvalue weighted by atomic mass is 10.1. The summed E-state index contributed by atoms with van der Waals surface area (Å²) in [6.45, 7) is 1.38. The number of carbonyl (C=O) groups is 1. The zero-order valence-corrected chi connectivity index (χ0v) is 9.43. The molecule has 1 fully saturated rings. The number of hydrogen-bond acceptors (Lipinski definition) is 4. The van der Waals surface area contributed by atoms with Gasteiger partial charge in [-0.05, 0) is 31.4 Å². The smallest absolute Gasteiger partial charge is 0.415 e. The Hall–Kier alpha value is -1.91. The third-order valence-electron chi connectivity index (χ3n) is 2.75. The second-order valence-corrected chi connectivity index (χ2v) is 4.07. The van der Waals surface area contributed by atoms with E-state index in [1.807, 2.05) is 0 Å².